The summed E-state index contributed by atoms with van der Waals surface area (Å²) in [7, 11) is 0. The lowest BCUT2D eigenvalue weighted by atomic mass is 10.2. The highest BCUT2D eigenvalue weighted by atomic mass is 32.2. The summed E-state index contributed by atoms with van der Waals surface area (Å²) in [5.74, 6) is 2.61. The van der Waals surface area contributed by atoms with Crippen molar-refractivity contribution < 1.29 is 0 Å². The van der Waals surface area contributed by atoms with E-state index in [1.165, 1.54) is 22.0 Å². The third-order valence-corrected chi connectivity index (χ3v) is 5.86. The first kappa shape index (κ1) is 9.81. The Kier molecular flexibility index (Phi) is 3.52. The molecule has 0 aromatic heterocycles. The van der Waals surface area contributed by atoms with Crippen molar-refractivity contribution in [1.29, 1.82) is 0 Å². The summed E-state index contributed by atoms with van der Waals surface area (Å²) in [6.45, 7) is 0. The molecule has 0 N–H and O–H groups in total. The van der Waals surface area contributed by atoms with Gasteiger partial charge in [0.2, 0.25) is 0 Å². The molecule has 1 saturated heterocycles. The largest absolute Gasteiger partial charge is 0.142 e. The number of rotatable bonds is 2. The molecule has 1 aromatic carbocycles. The summed E-state index contributed by atoms with van der Waals surface area (Å²) in [5, 5.41) is 0. The summed E-state index contributed by atoms with van der Waals surface area (Å²) < 4.78 is 0.691. The van der Waals surface area contributed by atoms with Gasteiger partial charge in [-0.2, -0.15) is 0 Å². The predicted molar refractivity (Wildman–Crippen MR) is 65.9 cm³/mol. The van der Waals surface area contributed by atoms with E-state index in [9.17, 15) is 0 Å². The number of hydrogen-bond acceptors (Lipinski definition) is 3. The van der Waals surface area contributed by atoms with Gasteiger partial charge in [-0.05, 0) is 24.0 Å². The average molecular weight is 228 g/mol. The maximum atomic E-state index is 2.27. The highest BCUT2D eigenvalue weighted by Crippen LogP contribution is 2.45. The molecule has 0 bridgehead atoms. The van der Waals surface area contributed by atoms with Gasteiger partial charge < -0.3 is 0 Å². The highest BCUT2D eigenvalue weighted by Gasteiger charge is 2.17. The molecule has 1 aliphatic heterocycles. The van der Waals surface area contributed by atoms with Crippen molar-refractivity contribution in [2.75, 3.05) is 17.8 Å². The highest BCUT2D eigenvalue weighted by molar-refractivity contribution is 8.19. The normalized spacial score (nSPS) is 17.9. The summed E-state index contributed by atoms with van der Waals surface area (Å²) in [6.07, 6.45) is 2.12. The molecule has 0 saturated carbocycles. The molecule has 0 nitrogen and oxygen atoms in total. The topological polar surface area (TPSA) is 0 Å². The lowest BCUT2D eigenvalue weighted by Gasteiger charge is -2.08. The van der Waals surface area contributed by atoms with Gasteiger partial charge in [0.05, 0.1) is 4.58 Å². The van der Waals surface area contributed by atoms with Crippen LogP contribution in [0.25, 0.3) is 0 Å². The molecular weight excluding hydrogens is 216 g/mol. The first-order valence-corrected chi connectivity index (χ1v) is 7.59. The smallest absolute Gasteiger partial charge is 0.0751 e. The van der Waals surface area contributed by atoms with Crippen LogP contribution in [0.1, 0.15) is 10.1 Å². The molecule has 0 spiro atoms. The van der Waals surface area contributed by atoms with E-state index < -0.39 is 0 Å². The number of thioether (sulfide) groups is 3. The summed E-state index contributed by atoms with van der Waals surface area (Å²) in [6, 6.07) is 8.97. The minimum absolute atomic E-state index is 0.691. The molecule has 3 heteroatoms. The fourth-order valence-electron chi connectivity index (χ4n) is 1.31. The van der Waals surface area contributed by atoms with Crippen LogP contribution in [-0.2, 0) is 0 Å². The second-order valence-corrected chi connectivity index (χ2v) is 6.45. The molecular formula is C10H12S3. The third-order valence-electron chi connectivity index (χ3n) is 2.01. The van der Waals surface area contributed by atoms with Crippen molar-refractivity contribution in [3.8, 4) is 0 Å². The Morgan fingerprint density at radius 2 is 1.77 bits per heavy atom. The van der Waals surface area contributed by atoms with Gasteiger partial charge in [-0.15, -0.1) is 35.3 Å². The fourth-order valence-corrected chi connectivity index (χ4v) is 4.58. The van der Waals surface area contributed by atoms with Crippen molar-refractivity contribution in [3.63, 3.8) is 0 Å². The summed E-state index contributed by atoms with van der Waals surface area (Å²) in [4.78, 5) is 1.36. The van der Waals surface area contributed by atoms with Crippen LogP contribution >= 0.6 is 35.3 Å². The van der Waals surface area contributed by atoms with Crippen LogP contribution in [0, 0.1) is 0 Å². The van der Waals surface area contributed by atoms with Crippen LogP contribution in [0.4, 0.5) is 0 Å². The molecule has 0 radical (unpaired) electrons. The van der Waals surface area contributed by atoms with Gasteiger partial charge in [0.1, 0.15) is 0 Å². The molecule has 1 fully saturated rings. The Bertz CT molecular complexity index is 262. The van der Waals surface area contributed by atoms with Crippen LogP contribution < -0.4 is 0 Å². The Morgan fingerprint density at radius 1 is 1.15 bits per heavy atom. The Balaban J connectivity index is 2.12. The lowest BCUT2D eigenvalue weighted by Crippen LogP contribution is -1.83. The average Bonchev–Trinajstić information content (AvgIpc) is 2.71. The van der Waals surface area contributed by atoms with E-state index >= 15 is 0 Å². The molecule has 0 aliphatic carbocycles. The van der Waals surface area contributed by atoms with Gasteiger partial charge in [-0.3, -0.25) is 0 Å². The zero-order valence-corrected chi connectivity index (χ0v) is 9.98. The van der Waals surface area contributed by atoms with E-state index in [0.29, 0.717) is 4.58 Å². The van der Waals surface area contributed by atoms with Gasteiger partial charge in [0.15, 0.2) is 0 Å². The van der Waals surface area contributed by atoms with Crippen LogP contribution in [0.2, 0.25) is 0 Å². The first-order chi connectivity index (χ1) is 6.40. The van der Waals surface area contributed by atoms with Crippen molar-refractivity contribution in [2.45, 2.75) is 9.48 Å². The van der Waals surface area contributed by atoms with Crippen molar-refractivity contribution in [3.05, 3.63) is 29.8 Å². The van der Waals surface area contributed by atoms with Crippen LogP contribution in [0.5, 0.6) is 0 Å². The molecule has 0 unspecified atom stereocenters. The molecule has 1 aromatic rings. The number of benzene rings is 1. The standard InChI is InChI=1S/C10H12S3/c1-11-9-4-2-8(3-5-9)10-12-6-7-13-10/h2-5,10H,6-7H2,1H3. The monoisotopic (exact) mass is 228 g/mol. The Labute approximate surface area is 92.3 Å². The van der Waals surface area contributed by atoms with Gasteiger partial charge in [0, 0.05) is 16.4 Å². The van der Waals surface area contributed by atoms with Crippen molar-refractivity contribution in [2.24, 2.45) is 0 Å². The summed E-state index contributed by atoms with van der Waals surface area (Å²) >= 11 is 5.94. The quantitative estimate of drug-likeness (QED) is 0.705. The molecule has 0 amide bonds. The van der Waals surface area contributed by atoms with E-state index in [4.69, 9.17) is 0 Å². The van der Waals surface area contributed by atoms with Crippen molar-refractivity contribution in [1.82, 2.24) is 0 Å². The first-order valence-electron chi connectivity index (χ1n) is 4.27. The fraction of sp³-hybridized carbons (Fsp3) is 0.400. The molecule has 13 heavy (non-hydrogen) atoms. The maximum absolute atomic E-state index is 2.27. The lowest BCUT2D eigenvalue weighted by molar-refractivity contribution is 1.34. The zero-order chi connectivity index (χ0) is 9.10. The number of hydrogen-bond donors (Lipinski definition) is 0. The molecule has 2 rings (SSSR count). The van der Waals surface area contributed by atoms with Gasteiger partial charge in [0.25, 0.3) is 0 Å². The Hall–Kier alpha value is 0.270. The van der Waals surface area contributed by atoms with E-state index in [2.05, 4.69) is 54.0 Å². The third kappa shape index (κ3) is 2.39. The summed E-state index contributed by atoms with van der Waals surface area (Å²) in [5.41, 5.74) is 1.48. The van der Waals surface area contributed by atoms with Crippen LogP contribution in [0.3, 0.4) is 0 Å². The van der Waals surface area contributed by atoms with E-state index in [-0.39, 0.29) is 0 Å². The molecule has 1 heterocycles. The molecule has 0 atom stereocenters. The van der Waals surface area contributed by atoms with E-state index in [1.54, 1.807) is 11.8 Å². The van der Waals surface area contributed by atoms with E-state index in [0.717, 1.165) is 0 Å². The van der Waals surface area contributed by atoms with Crippen molar-refractivity contribution >= 4 is 35.3 Å². The van der Waals surface area contributed by atoms with Gasteiger partial charge >= 0.3 is 0 Å². The maximum Gasteiger partial charge on any atom is 0.0751 e. The second-order valence-electron chi connectivity index (χ2n) is 2.85. The molecule has 70 valence electrons. The Morgan fingerprint density at radius 3 is 2.31 bits per heavy atom. The minimum Gasteiger partial charge on any atom is -0.142 e. The van der Waals surface area contributed by atoms with Gasteiger partial charge in [-0.1, -0.05) is 12.1 Å². The van der Waals surface area contributed by atoms with Crippen LogP contribution in [-0.4, -0.2) is 17.8 Å². The molecule has 1 aliphatic rings. The van der Waals surface area contributed by atoms with Gasteiger partial charge in [-0.25, -0.2) is 0 Å². The second kappa shape index (κ2) is 4.67. The SMILES string of the molecule is CSc1ccc(C2SCCS2)cc1. The van der Waals surface area contributed by atoms with Crippen LogP contribution in [0.15, 0.2) is 29.2 Å². The van der Waals surface area contributed by atoms with E-state index in [1.807, 2.05) is 0 Å². The predicted octanol–water partition coefficient (Wildman–Crippen LogP) is 3.89. The minimum atomic E-state index is 0.691. The zero-order valence-electron chi connectivity index (χ0n) is 7.53.